The monoisotopic (exact) mass is 222 g/mol. The minimum atomic E-state index is -4.55. The summed E-state index contributed by atoms with van der Waals surface area (Å²) in [5.41, 5.74) is -0.0579. The molecule has 0 aliphatic carbocycles. The predicted molar refractivity (Wildman–Crippen MR) is 44.4 cm³/mol. The Balaban J connectivity index is 0.00000169. The molecule has 1 aromatic rings. The van der Waals surface area contributed by atoms with Crippen LogP contribution in [0.1, 0.15) is 17.3 Å². The summed E-state index contributed by atoms with van der Waals surface area (Å²) < 4.78 is 32.0. The van der Waals surface area contributed by atoms with Crippen molar-refractivity contribution >= 4 is 15.9 Å². The van der Waals surface area contributed by atoms with Crippen LogP contribution < -0.4 is 29.6 Å². The molecule has 0 atom stereocenters. The van der Waals surface area contributed by atoms with Gasteiger partial charge in [-0.15, -0.1) is 0 Å². The fourth-order valence-corrected chi connectivity index (χ4v) is 1.70. The van der Waals surface area contributed by atoms with Crippen molar-refractivity contribution in [2.45, 2.75) is 11.8 Å². The number of hydrogen-bond acceptors (Lipinski definition) is 4. The number of benzene rings is 1. The summed E-state index contributed by atoms with van der Waals surface area (Å²) in [6, 6.07) is 5.34. The van der Waals surface area contributed by atoms with Crippen LogP contribution in [0, 0.1) is 0 Å². The first-order valence-corrected chi connectivity index (χ1v) is 4.89. The van der Waals surface area contributed by atoms with Gasteiger partial charge in [-0.25, -0.2) is 8.42 Å². The summed E-state index contributed by atoms with van der Waals surface area (Å²) in [5, 5.41) is 0. The van der Waals surface area contributed by atoms with E-state index in [1.807, 2.05) is 0 Å². The van der Waals surface area contributed by atoms with Gasteiger partial charge in [0.2, 0.25) is 0 Å². The van der Waals surface area contributed by atoms with E-state index in [1.165, 1.54) is 25.1 Å². The van der Waals surface area contributed by atoms with Crippen molar-refractivity contribution < 1.29 is 47.3 Å². The van der Waals surface area contributed by atoms with Crippen molar-refractivity contribution in [2.75, 3.05) is 0 Å². The summed E-state index contributed by atoms with van der Waals surface area (Å²) in [4.78, 5) is 10.5. The standard InChI is InChI=1S/C8H8O4S.Na/c1-6(9)7-4-2-3-5-8(7)13(10,11)12;/h2-5H,1H3,(H,10,11,12);/q;+1/p-1. The summed E-state index contributed by atoms with van der Waals surface area (Å²) in [6.07, 6.45) is 0. The van der Waals surface area contributed by atoms with Gasteiger partial charge >= 0.3 is 29.6 Å². The zero-order valence-corrected chi connectivity index (χ0v) is 10.7. The zero-order valence-electron chi connectivity index (χ0n) is 7.85. The molecule has 4 nitrogen and oxygen atoms in total. The summed E-state index contributed by atoms with van der Waals surface area (Å²) in [5.74, 6) is -0.435. The number of carbonyl (C=O) groups excluding carboxylic acids is 1. The first-order chi connectivity index (χ1) is 5.93. The van der Waals surface area contributed by atoms with E-state index in [9.17, 15) is 17.8 Å². The van der Waals surface area contributed by atoms with E-state index >= 15 is 0 Å². The van der Waals surface area contributed by atoms with Gasteiger partial charge in [-0.3, -0.25) is 4.79 Å². The van der Waals surface area contributed by atoms with Crippen molar-refractivity contribution in [1.29, 1.82) is 0 Å². The largest absolute Gasteiger partial charge is 1.00 e. The minimum absolute atomic E-state index is 0. The molecule has 70 valence electrons. The molecule has 1 rings (SSSR count). The number of Topliss-reactive ketones (excluding diaryl/α,β-unsaturated/α-hetero) is 1. The predicted octanol–water partition coefficient (Wildman–Crippen LogP) is -2.20. The van der Waals surface area contributed by atoms with Crippen LogP contribution in [0.25, 0.3) is 0 Å². The molecule has 0 aliphatic rings. The maximum Gasteiger partial charge on any atom is 1.00 e. The molecule has 0 saturated heterocycles. The first-order valence-electron chi connectivity index (χ1n) is 3.49. The van der Waals surface area contributed by atoms with E-state index in [0.29, 0.717) is 0 Å². The van der Waals surface area contributed by atoms with Gasteiger partial charge in [0.05, 0.1) is 4.90 Å². The Kier molecular flexibility index (Phi) is 4.97. The van der Waals surface area contributed by atoms with Crippen molar-refractivity contribution in [1.82, 2.24) is 0 Å². The van der Waals surface area contributed by atoms with Gasteiger partial charge in [0.25, 0.3) is 0 Å². The van der Waals surface area contributed by atoms with Gasteiger partial charge in [0.15, 0.2) is 5.78 Å². The van der Waals surface area contributed by atoms with Crippen LogP contribution in [0.2, 0.25) is 0 Å². The Hall–Kier alpha value is -0.200. The van der Waals surface area contributed by atoms with E-state index in [-0.39, 0.29) is 35.1 Å². The van der Waals surface area contributed by atoms with Gasteiger partial charge < -0.3 is 4.55 Å². The molecule has 0 amide bonds. The average Bonchev–Trinajstić information content (AvgIpc) is 2.03. The van der Waals surface area contributed by atoms with Crippen LogP contribution in [0.5, 0.6) is 0 Å². The molecule has 0 radical (unpaired) electrons. The van der Waals surface area contributed by atoms with E-state index in [2.05, 4.69) is 0 Å². The van der Waals surface area contributed by atoms with Crippen LogP contribution in [0.3, 0.4) is 0 Å². The molecule has 14 heavy (non-hydrogen) atoms. The quantitative estimate of drug-likeness (QED) is 0.323. The third kappa shape index (κ3) is 3.18. The van der Waals surface area contributed by atoms with Crippen LogP contribution in [0.4, 0.5) is 0 Å². The Labute approximate surface area is 104 Å². The second kappa shape index (κ2) is 5.04. The molecule has 0 spiro atoms. The van der Waals surface area contributed by atoms with Crippen molar-refractivity contribution in [2.24, 2.45) is 0 Å². The second-order valence-electron chi connectivity index (χ2n) is 2.51. The Morgan fingerprint density at radius 2 is 1.79 bits per heavy atom. The summed E-state index contributed by atoms with van der Waals surface area (Å²) in [7, 11) is -4.55. The SMILES string of the molecule is CC(=O)c1ccccc1S(=O)(=O)[O-].[Na+]. The first kappa shape index (κ1) is 13.8. The van der Waals surface area contributed by atoms with E-state index in [0.717, 1.165) is 6.07 Å². The van der Waals surface area contributed by atoms with Crippen LogP contribution in [-0.2, 0) is 10.1 Å². The van der Waals surface area contributed by atoms with Crippen molar-refractivity contribution in [3.8, 4) is 0 Å². The molecule has 0 heterocycles. The maximum absolute atomic E-state index is 10.9. The third-order valence-electron chi connectivity index (χ3n) is 1.54. The molecule has 0 bridgehead atoms. The number of rotatable bonds is 2. The van der Waals surface area contributed by atoms with E-state index < -0.39 is 20.8 Å². The fraction of sp³-hybridized carbons (Fsp3) is 0.125. The maximum atomic E-state index is 10.9. The normalized spacial score (nSPS) is 10.4. The van der Waals surface area contributed by atoms with Crippen LogP contribution >= 0.6 is 0 Å². The number of ketones is 1. The van der Waals surface area contributed by atoms with Crippen LogP contribution in [0.15, 0.2) is 29.2 Å². The number of carbonyl (C=O) groups is 1. The average molecular weight is 222 g/mol. The molecule has 0 aromatic heterocycles. The molecule has 0 fully saturated rings. The summed E-state index contributed by atoms with van der Waals surface area (Å²) in [6.45, 7) is 1.21. The van der Waals surface area contributed by atoms with Crippen molar-refractivity contribution in [3.05, 3.63) is 29.8 Å². The molecule has 0 aliphatic heterocycles. The second-order valence-corrected chi connectivity index (χ2v) is 3.85. The van der Waals surface area contributed by atoms with E-state index in [4.69, 9.17) is 0 Å². The Bertz CT molecular complexity index is 438. The van der Waals surface area contributed by atoms with E-state index in [1.54, 1.807) is 0 Å². The minimum Gasteiger partial charge on any atom is -0.744 e. The van der Waals surface area contributed by atoms with Crippen molar-refractivity contribution in [3.63, 3.8) is 0 Å². The summed E-state index contributed by atoms with van der Waals surface area (Å²) >= 11 is 0. The molecule has 6 heteroatoms. The molecular formula is C8H7NaO4S. The van der Waals surface area contributed by atoms with Gasteiger partial charge in [0.1, 0.15) is 10.1 Å². The molecule has 0 saturated carbocycles. The van der Waals surface area contributed by atoms with Gasteiger partial charge in [-0.2, -0.15) is 0 Å². The Morgan fingerprint density at radius 1 is 1.29 bits per heavy atom. The Morgan fingerprint density at radius 3 is 2.14 bits per heavy atom. The topological polar surface area (TPSA) is 74.3 Å². The van der Waals surface area contributed by atoms with Gasteiger partial charge in [-0.05, 0) is 13.0 Å². The van der Waals surface area contributed by atoms with Gasteiger partial charge in [0, 0.05) is 5.56 Å². The molecular weight excluding hydrogens is 215 g/mol. The fourth-order valence-electron chi connectivity index (χ4n) is 0.975. The smallest absolute Gasteiger partial charge is 0.744 e. The zero-order chi connectivity index (χ0) is 10.1. The number of hydrogen-bond donors (Lipinski definition) is 0. The van der Waals surface area contributed by atoms with Crippen LogP contribution in [-0.4, -0.2) is 18.8 Å². The molecule has 0 N–H and O–H groups in total. The molecule has 0 unspecified atom stereocenters. The molecule has 1 aromatic carbocycles. The third-order valence-corrected chi connectivity index (χ3v) is 2.43. The van der Waals surface area contributed by atoms with Gasteiger partial charge in [-0.1, -0.05) is 18.2 Å².